The van der Waals surface area contributed by atoms with Crippen molar-refractivity contribution in [1.82, 2.24) is 0 Å². The summed E-state index contributed by atoms with van der Waals surface area (Å²) in [7, 11) is -2.72. The maximum absolute atomic E-state index is 13.8. The van der Waals surface area contributed by atoms with Crippen LogP contribution in [0.4, 0.5) is 52.7 Å². The van der Waals surface area contributed by atoms with E-state index in [0.717, 1.165) is 48.5 Å². The molecule has 0 aliphatic heterocycles. The topological polar surface area (TPSA) is 57.9 Å². The Bertz CT molecular complexity index is 2560. The second-order valence-corrected chi connectivity index (χ2v) is 17.5. The summed E-state index contributed by atoms with van der Waals surface area (Å²) >= 11 is 0. The van der Waals surface area contributed by atoms with Crippen molar-refractivity contribution in [3.8, 4) is 6.07 Å². The molecule has 0 radical (unpaired) electrons. The molecule has 0 atom stereocenters. The maximum Gasteiger partial charge on any atom is 0.416 e. The van der Waals surface area contributed by atoms with Crippen LogP contribution >= 0.6 is 0 Å². The van der Waals surface area contributed by atoms with Crippen LogP contribution in [0.15, 0.2) is 192 Å². The van der Waals surface area contributed by atoms with Crippen molar-refractivity contribution < 1.29 is 61.7 Å². The Morgan fingerprint density at radius 1 is 0.424 bits per heavy atom. The van der Waals surface area contributed by atoms with Crippen LogP contribution < -0.4 is 21.9 Å². The minimum Gasteiger partial charge on any atom is -0.289 e. The summed E-state index contributed by atoms with van der Waals surface area (Å²) in [5, 5.41) is 8.87. The number of rotatable bonds is 9. The lowest BCUT2D eigenvalue weighted by Crippen LogP contribution is -2.74. The van der Waals surface area contributed by atoms with E-state index in [4.69, 9.17) is 5.26 Å². The van der Waals surface area contributed by atoms with Crippen LogP contribution in [0.3, 0.4) is 0 Å². The van der Waals surface area contributed by atoms with Crippen LogP contribution in [0.5, 0.6) is 0 Å². The van der Waals surface area contributed by atoms with Gasteiger partial charge in [0.15, 0.2) is 25.5 Å². The van der Waals surface area contributed by atoms with E-state index in [9.17, 15) is 61.7 Å². The summed E-state index contributed by atoms with van der Waals surface area (Å²) in [5.41, 5.74) is -3.35. The number of hydrogen-bond donors (Lipinski definition) is 0. The number of benzene rings is 7. The normalized spacial score (nSPS) is 12.4. The zero-order chi connectivity index (χ0) is 48.1. The average Bonchev–Trinajstić information content (AvgIpc) is 3.29. The molecule has 0 aliphatic rings. The number of halogens is 12. The summed E-state index contributed by atoms with van der Waals surface area (Å²) < 4.78 is 174. The summed E-state index contributed by atoms with van der Waals surface area (Å²) in [6, 6.07) is 40.2. The molecule has 0 spiro atoms. The van der Waals surface area contributed by atoms with Crippen molar-refractivity contribution >= 4 is 43.7 Å². The molecular weight excluding hydrogens is 905 g/mol. The van der Waals surface area contributed by atoms with E-state index in [-0.39, 0.29) is 33.4 Å². The highest BCUT2D eigenvalue weighted by molar-refractivity contribution is 8.03. The number of nitrogens with zero attached hydrogens (tertiary/aromatic N) is 1. The smallest absolute Gasteiger partial charge is 0.289 e. The van der Waals surface area contributed by atoms with Gasteiger partial charge in [0, 0.05) is 5.56 Å². The molecule has 0 N–H and O–H groups in total. The molecule has 0 bridgehead atoms. The highest BCUT2D eigenvalue weighted by atomic mass is 32.2. The predicted molar refractivity (Wildman–Crippen MR) is 228 cm³/mol. The van der Waals surface area contributed by atoms with Gasteiger partial charge in [0.1, 0.15) is 6.15 Å². The third kappa shape index (κ3) is 10.6. The van der Waals surface area contributed by atoms with Crippen molar-refractivity contribution in [2.45, 2.75) is 34.5 Å². The van der Waals surface area contributed by atoms with Gasteiger partial charge in [-0.05, 0) is 48.5 Å². The minimum atomic E-state index is -4.77. The summed E-state index contributed by atoms with van der Waals surface area (Å²) in [5.74, 6) is -0.311. The second-order valence-electron chi connectivity index (χ2n) is 14.9. The van der Waals surface area contributed by atoms with Gasteiger partial charge >= 0.3 is 24.7 Å². The van der Waals surface area contributed by atoms with Gasteiger partial charge in [-0.3, -0.25) is 4.79 Å². The third-order valence-corrected chi connectivity index (χ3v) is 13.6. The van der Waals surface area contributed by atoms with Gasteiger partial charge in [0.2, 0.25) is 5.78 Å². The number of nitriles is 1. The first-order valence-electron chi connectivity index (χ1n) is 19.5. The predicted octanol–water partition coefficient (Wildman–Crippen LogP) is 11.5. The highest BCUT2D eigenvalue weighted by Crippen LogP contribution is 2.33. The molecule has 0 aliphatic carbocycles. The van der Waals surface area contributed by atoms with Crippen molar-refractivity contribution in [1.29, 1.82) is 5.26 Å². The Balaban J connectivity index is 0.000000245. The molecule has 17 heteroatoms. The quantitative estimate of drug-likeness (QED) is 0.0627. The Morgan fingerprint density at radius 2 is 0.697 bits per heavy atom. The van der Waals surface area contributed by atoms with Gasteiger partial charge in [-0.1, -0.05) is 138 Å². The number of hydrogen-bond acceptors (Lipinski definition) is 3. The zero-order valence-corrected chi connectivity index (χ0v) is 34.6. The molecule has 66 heavy (non-hydrogen) atoms. The van der Waals surface area contributed by atoms with Crippen molar-refractivity contribution in [2.24, 2.45) is 0 Å². The monoisotopic (exact) mass is 937 g/mol. The van der Waals surface area contributed by atoms with E-state index in [2.05, 4.69) is 0 Å². The zero-order valence-electron chi connectivity index (χ0n) is 33.8. The largest absolute Gasteiger partial charge is 0.416 e. The average molecular weight is 938 g/mol. The van der Waals surface area contributed by atoms with Crippen LogP contribution in [-0.2, 0) is 38.8 Å². The summed E-state index contributed by atoms with van der Waals surface area (Å²) in [4.78, 5) is 14.0. The van der Waals surface area contributed by atoms with E-state index in [1.54, 1.807) is 48.5 Å². The SMILES string of the molecule is FC(F)(F)c1ccc([B-](c2ccc(C(F)(F)F)cc2)(c2ccc(C(F)(F)F)cc2)c2ccc(C(F)(F)F)cc2)cc1.N#Cc1ccc(C(=O)C[S+](=O)(c2ccccc2)c2ccccc2)cc1. The fraction of sp³-hybridized carbons (Fsp3) is 0.102. The molecule has 0 heterocycles. The van der Waals surface area contributed by atoms with Gasteiger partial charge in [0.05, 0.1) is 33.9 Å². The van der Waals surface area contributed by atoms with Gasteiger partial charge in [0.25, 0.3) is 0 Å². The first kappa shape index (κ1) is 48.5. The molecule has 0 saturated carbocycles. The lowest BCUT2D eigenvalue weighted by molar-refractivity contribution is -0.138. The van der Waals surface area contributed by atoms with Crippen molar-refractivity contribution in [2.75, 3.05) is 5.75 Å². The van der Waals surface area contributed by atoms with E-state index in [1.165, 1.54) is 0 Å². The highest BCUT2D eigenvalue weighted by Gasteiger charge is 2.39. The summed E-state index contributed by atoms with van der Waals surface area (Å²) in [6.45, 7) is 0. The van der Waals surface area contributed by atoms with Crippen LogP contribution in [0, 0.1) is 11.3 Å². The van der Waals surface area contributed by atoms with Gasteiger partial charge in [-0.25, -0.2) is 0 Å². The molecule has 7 rings (SSSR count). The lowest BCUT2D eigenvalue weighted by atomic mass is 9.13. The number of Topliss-reactive ketones (excluding diaryl/α,β-unsaturated/α-hetero) is 1. The molecule has 0 aromatic heterocycles. The molecule has 338 valence electrons. The lowest BCUT2D eigenvalue weighted by Gasteiger charge is -2.44. The van der Waals surface area contributed by atoms with E-state index < -0.39 is 63.0 Å². The maximum atomic E-state index is 13.8. The molecule has 3 nitrogen and oxygen atoms in total. The number of carbonyl (C=O) groups is 1. The van der Waals surface area contributed by atoms with Crippen LogP contribution in [-0.4, -0.2) is 17.7 Å². The molecule has 7 aromatic carbocycles. The number of carbonyl (C=O) groups excluding carboxylic acids is 1. The molecule has 0 saturated heterocycles. The van der Waals surface area contributed by atoms with Gasteiger partial charge in [-0.15, -0.1) is 0 Å². The molecule has 7 aromatic rings. The van der Waals surface area contributed by atoms with Crippen LogP contribution in [0.1, 0.15) is 38.2 Å². The minimum absolute atomic E-state index is 0.0114. The van der Waals surface area contributed by atoms with E-state index in [1.807, 2.05) is 42.5 Å². The van der Waals surface area contributed by atoms with Gasteiger partial charge < -0.3 is 0 Å². The fourth-order valence-corrected chi connectivity index (χ4v) is 9.91. The third-order valence-electron chi connectivity index (χ3n) is 10.9. The van der Waals surface area contributed by atoms with E-state index >= 15 is 0 Å². The van der Waals surface area contributed by atoms with E-state index in [0.29, 0.717) is 69.4 Å². The van der Waals surface area contributed by atoms with Crippen molar-refractivity contribution in [3.63, 3.8) is 0 Å². The summed E-state index contributed by atoms with van der Waals surface area (Å²) in [6.07, 6.45) is -22.0. The first-order chi connectivity index (χ1) is 31.0. The van der Waals surface area contributed by atoms with Crippen LogP contribution in [0.2, 0.25) is 0 Å². The number of ketones is 1. The molecule has 0 unspecified atom stereocenters. The van der Waals surface area contributed by atoms with Crippen LogP contribution in [0.25, 0.3) is 0 Å². The Labute approximate surface area is 371 Å². The Kier molecular flexibility index (Phi) is 13.9. The molecule has 0 amide bonds. The Hall–Kier alpha value is -6.93. The second kappa shape index (κ2) is 18.9. The standard InChI is InChI=1S/C28H16BF12.C21H16NO2S/c30-25(31,32)17-1-9-21(10-2-17)29(22-11-3-18(4-12-22)26(33,34)35,23-13-5-19(6-14-23)27(36,37)38)24-15-7-20(8-16-24)28(39,40)41;22-15-17-11-13-18(14-12-17)21(23)16-25(24,19-7-3-1-4-8-19)20-9-5-2-6-10-20/h1-16H;1-14H,16H2/q-1;+1. The molecule has 0 fully saturated rings. The van der Waals surface area contributed by atoms with Crippen molar-refractivity contribution in [3.05, 3.63) is 215 Å². The van der Waals surface area contributed by atoms with Gasteiger partial charge in [-0.2, -0.15) is 79.8 Å². The Morgan fingerprint density at radius 3 is 0.939 bits per heavy atom. The first-order valence-corrected chi connectivity index (χ1v) is 21.2. The molecular formula is C49H32BF12NO2S. The number of alkyl halides is 12. The fourth-order valence-electron chi connectivity index (χ4n) is 7.58.